The van der Waals surface area contributed by atoms with E-state index in [0.29, 0.717) is 26.2 Å². The number of hydrogen-bond donors (Lipinski definition) is 1. The topological polar surface area (TPSA) is 71.7 Å². The molecule has 1 aliphatic heterocycles. The minimum atomic E-state index is -4.54. The molecular weight excluding hydrogens is 367 g/mol. The number of amidine groups is 1. The van der Waals surface area contributed by atoms with Crippen LogP contribution in [0, 0.1) is 11.5 Å². The number of hydrogen-bond acceptors (Lipinski definition) is 5. The second-order valence-electron chi connectivity index (χ2n) is 5.55. The number of aliphatic imine (C=N–C) groups is 1. The zero-order valence-electron chi connectivity index (χ0n) is 14.3. The van der Waals surface area contributed by atoms with E-state index >= 15 is 0 Å². The minimum absolute atomic E-state index is 0.0681. The van der Waals surface area contributed by atoms with Crippen LogP contribution < -0.4 is 10.2 Å². The van der Waals surface area contributed by atoms with Crippen molar-refractivity contribution in [2.75, 3.05) is 37.3 Å². The molecule has 0 aliphatic carbocycles. The van der Waals surface area contributed by atoms with E-state index in [1.165, 1.54) is 19.1 Å². The maximum Gasteiger partial charge on any atom is 0.418 e. The highest BCUT2D eigenvalue weighted by Gasteiger charge is 2.36. The molecule has 1 amide bonds. The molecule has 1 aromatic rings. The molecule has 1 N–H and O–H groups in total. The van der Waals surface area contributed by atoms with Crippen LogP contribution in [0.25, 0.3) is 0 Å². The van der Waals surface area contributed by atoms with Crippen molar-refractivity contribution in [1.82, 2.24) is 10.2 Å². The SMILES string of the molecule is CSC(=Nc1ccc(N2CCN(C(C)=O)CC2)c(C(F)(F)F)c1)NC#N. The fourth-order valence-electron chi connectivity index (χ4n) is 2.65. The summed E-state index contributed by atoms with van der Waals surface area (Å²) in [5.41, 5.74) is -0.610. The fraction of sp³-hybridized carbons (Fsp3) is 0.438. The Hall–Kier alpha value is -2.41. The average Bonchev–Trinajstić information content (AvgIpc) is 2.60. The van der Waals surface area contributed by atoms with Crippen LogP contribution in [0.2, 0.25) is 0 Å². The molecule has 0 radical (unpaired) electrons. The van der Waals surface area contributed by atoms with Gasteiger partial charge in [-0.05, 0) is 24.5 Å². The van der Waals surface area contributed by atoms with Gasteiger partial charge in [0.25, 0.3) is 0 Å². The first-order valence-corrected chi connectivity index (χ1v) is 8.98. The number of nitrogens with zero attached hydrogens (tertiary/aromatic N) is 4. The van der Waals surface area contributed by atoms with Gasteiger partial charge in [-0.25, -0.2) is 4.99 Å². The summed E-state index contributed by atoms with van der Waals surface area (Å²) in [5.74, 6) is -0.0834. The minimum Gasteiger partial charge on any atom is -0.367 e. The Kier molecular flexibility index (Phi) is 6.37. The molecule has 0 saturated carbocycles. The Morgan fingerprint density at radius 2 is 1.96 bits per heavy atom. The van der Waals surface area contributed by atoms with Crippen LogP contribution in [0.1, 0.15) is 12.5 Å². The molecule has 0 aromatic heterocycles. The van der Waals surface area contributed by atoms with Crippen LogP contribution in [0.4, 0.5) is 24.5 Å². The van der Waals surface area contributed by atoms with Gasteiger partial charge in [0.2, 0.25) is 5.91 Å². The number of carbonyl (C=O) groups is 1. The molecule has 10 heteroatoms. The lowest BCUT2D eigenvalue weighted by atomic mass is 10.1. The van der Waals surface area contributed by atoms with E-state index in [1.54, 1.807) is 22.2 Å². The summed E-state index contributed by atoms with van der Waals surface area (Å²) in [6.07, 6.45) is -1.18. The molecule has 1 fully saturated rings. The Morgan fingerprint density at radius 3 is 2.46 bits per heavy atom. The van der Waals surface area contributed by atoms with Crippen molar-refractivity contribution in [3.8, 4) is 6.19 Å². The number of carbonyl (C=O) groups excluding carboxylic acids is 1. The van der Waals surface area contributed by atoms with Gasteiger partial charge in [0, 0.05) is 38.8 Å². The normalized spacial score (nSPS) is 15.6. The van der Waals surface area contributed by atoms with Crippen molar-refractivity contribution in [3.63, 3.8) is 0 Å². The molecular formula is C16H18F3N5OS. The first-order chi connectivity index (χ1) is 12.3. The van der Waals surface area contributed by atoms with Gasteiger partial charge in [-0.1, -0.05) is 11.8 Å². The summed E-state index contributed by atoms with van der Waals surface area (Å²) in [6.45, 7) is 2.88. The van der Waals surface area contributed by atoms with Crippen LogP contribution in [0.5, 0.6) is 0 Å². The lowest BCUT2D eigenvalue weighted by Gasteiger charge is -2.36. The highest BCUT2D eigenvalue weighted by Crippen LogP contribution is 2.39. The van der Waals surface area contributed by atoms with E-state index in [2.05, 4.69) is 10.3 Å². The smallest absolute Gasteiger partial charge is 0.367 e. The van der Waals surface area contributed by atoms with Crippen molar-refractivity contribution >= 4 is 34.2 Å². The largest absolute Gasteiger partial charge is 0.418 e. The average molecular weight is 385 g/mol. The summed E-state index contributed by atoms with van der Waals surface area (Å²) in [4.78, 5) is 18.7. The van der Waals surface area contributed by atoms with E-state index < -0.39 is 11.7 Å². The standard InChI is InChI=1S/C16H18F3N5OS/c1-11(25)23-5-7-24(8-6-23)14-4-3-12(9-13(14)16(17,18)19)22-15(26-2)21-10-20/h3-4,9H,5-8H2,1-2H3,(H,21,22). The van der Waals surface area contributed by atoms with E-state index in [9.17, 15) is 18.0 Å². The molecule has 0 spiro atoms. The molecule has 6 nitrogen and oxygen atoms in total. The van der Waals surface area contributed by atoms with Crippen LogP contribution in [0.15, 0.2) is 23.2 Å². The van der Waals surface area contributed by atoms with Gasteiger partial charge >= 0.3 is 6.18 Å². The molecule has 26 heavy (non-hydrogen) atoms. The summed E-state index contributed by atoms with van der Waals surface area (Å²) in [6, 6.07) is 3.84. The number of amides is 1. The predicted octanol–water partition coefficient (Wildman–Crippen LogP) is 2.80. The molecule has 0 unspecified atom stereocenters. The molecule has 140 valence electrons. The number of nitriles is 1. The first kappa shape index (κ1) is 19.9. The molecule has 2 rings (SSSR count). The van der Waals surface area contributed by atoms with E-state index in [1.807, 2.05) is 0 Å². The fourth-order valence-corrected chi connectivity index (χ4v) is 2.99. The number of alkyl halides is 3. The second-order valence-corrected chi connectivity index (χ2v) is 6.35. The number of nitrogens with one attached hydrogen (secondary N) is 1. The van der Waals surface area contributed by atoms with Gasteiger partial charge < -0.3 is 9.80 Å². The van der Waals surface area contributed by atoms with Crippen molar-refractivity contribution in [3.05, 3.63) is 23.8 Å². The summed E-state index contributed by atoms with van der Waals surface area (Å²) in [5, 5.41) is 11.2. The third-order valence-corrected chi connectivity index (χ3v) is 4.52. The van der Waals surface area contributed by atoms with Crippen LogP contribution in [0.3, 0.4) is 0 Å². The molecule has 0 bridgehead atoms. The monoisotopic (exact) mass is 385 g/mol. The number of piperazine rings is 1. The highest BCUT2D eigenvalue weighted by atomic mass is 32.2. The summed E-state index contributed by atoms with van der Waals surface area (Å²) in [7, 11) is 0. The van der Waals surface area contributed by atoms with E-state index in [4.69, 9.17) is 5.26 Å². The van der Waals surface area contributed by atoms with Crippen molar-refractivity contribution in [2.24, 2.45) is 4.99 Å². The number of anilines is 1. The van der Waals surface area contributed by atoms with Gasteiger partial charge in [-0.2, -0.15) is 18.4 Å². The highest BCUT2D eigenvalue weighted by molar-refractivity contribution is 8.13. The Labute approximate surface area is 153 Å². The molecule has 0 atom stereocenters. The number of benzene rings is 1. The van der Waals surface area contributed by atoms with E-state index in [-0.39, 0.29) is 22.4 Å². The number of thioether (sulfide) groups is 1. The van der Waals surface area contributed by atoms with Crippen molar-refractivity contribution in [2.45, 2.75) is 13.1 Å². The molecule has 1 heterocycles. The predicted molar refractivity (Wildman–Crippen MR) is 95.3 cm³/mol. The van der Waals surface area contributed by atoms with Gasteiger partial charge in [-0.3, -0.25) is 10.1 Å². The van der Waals surface area contributed by atoms with Crippen LogP contribution in [-0.2, 0) is 11.0 Å². The maximum atomic E-state index is 13.5. The lowest BCUT2D eigenvalue weighted by Crippen LogP contribution is -2.48. The summed E-state index contributed by atoms with van der Waals surface area (Å²) >= 11 is 1.13. The molecule has 1 aromatic carbocycles. The number of rotatable bonds is 2. The summed E-state index contributed by atoms with van der Waals surface area (Å²) < 4.78 is 40.6. The van der Waals surface area contributed by atoms with Gasteiger partial charge in [-0.15, -0.1) is 0 Å². The Morgan fingerprint density at radius 1 is 1.31 bits per heavy atom. The maximum absolute atomic E-state index is 13.5. The van der Waals surface area contributed by atoms with Crippen LogP contribution >= 0.6 is 11.8 Å². The third-order valence-electron chi connectivity index (χ3n) is 3.94. The Balaban J connectivity index is 2.33. The zero-order chi connectivity index (χ0) is 19.3. The zero-order valence-corrected chi connectivity index (χ0v) is 15.1. The van der Waals surface area contributed by atoms with Crippen LogP contribution in [-0.4, -0.2) is 48.4 Å². The number of halogens is 3. The van der Waals surface area contributed by atoms with Crippen molar-refractivity contribution in [1.29, 1.82) is 5.26 Å². The van der Waals surface area contributed by atoms with Gasteiger partial charge in [0.05, 0.1) is 11.3 Å². The second kappa shape index (κ2) is 8.31. The van der Waals surface area contributed by atoms with Gasteiger partial charge in [0.1, 0.15) is 0 Å². The lowest BCUT2D eigenvalue weighted by molar-refractivity contribution is -0.137. The third kappa shape index (κ3) is 4.82. The van der Waals surface area contributed by atoms with Gasteiger partial charge in [0.15, 0.2) is 11.4 Å². The molecule has 1 aliphatic rings. The molecule has 1 saturated heterocycles. The Bertz CT molecular complexity index is 736. The van der Waals surface area contributed by atoms with E-state index in [0.717, 1.165) is 17.8 Å². The quantitative estimate of drug-likeness (QED) is 0.367. The van der Waals surface area contributed by atoms with Crippen molar-refractivity contribution < 1.29 is 18.0 Å². The first-order valence-electron chi connectivity index (χ1n) is 7.75.